The standard InChI is InChI=1S/C26H43NO4/c1-3-5-7-9-14-18-25(28)30-21-20-24(27-23-16-12-11-13-17-23)22-31-26(29)19-15-10-8-6-4-2/h11-13,16-17,24,27H,3-10,14-15,18-22H2,1-2H3. The van der Waals surface area contributed by atoms with Crippen molar-refractivity contribution in [2.75, 3.05) is 18.5 Å². The summed E-state index contributed by atoms with van der Waals surface area (Å²) >= 11 is 0. The molecule has 0 heterocycles. The van der Waals surface area contributed by atoms with Gasteiger partial charge in [-0.3, -0.25) is 9.59 Å². The number of hydrogen-bond acceptors (Lipinski definition) is 5. The molecule has 0 saturated heterocycles. The lowest BCUT2D eigenvalue weighted by Gasteiger charge is -2.20. The lowest BCUT2D eigenvalue weighted by atomic mass is 10.1. The molecule has 0 aliphatic rings. The Bertz CT molecular complexity index is 576. The molecule has 0 fully saturated rings. The van der Waals surface area contributed by atoms with Gasteiger partial charge in [-0.1, -0.05) is 83.4 Å². The summed E-state index contributed by atoms with van der Waals surface area (Å²) in [6, 6.07) is 9.74. The number of benzene rings is 1. The van der Waals surface area contributed by atoms with Gasteiger partial charge in [-0.15, -0.1) is 0 Å². The van der Waals surface area contributed by atoms with E-state index in [0.29, 0.717) is 25.9 Å². The van der Waals surface area contributed by atoms with Gasteiger partial charge in [0.15, 0.2) is 0 Å². The molecule has 0 saturated carbocycles. The van der Waals surface area contributed by atoms with Crippen LogP contribution in [0.25, 0.3) is 0 Å². The van der Waals surface area contributed by atoms with E-state index in [4.69, 9.17) is 9.47 Å². The highest BCUT2D eigenvalue weighted by Crippen LogP contribution is 2.12. The smallest absolute Gasteiger partial charge is 0.305 e. The van der Waals surface area contributed by atoms with E-state index in [9.17, 15) is 9.59 Å². The van der Waals surface area contributed by atoms with Gasteiger partial charge in [0.2, 0.25) is 0 Å². The molecule has 1 unspecified atom stereocenters. The van der Waals surface area contributed by atoms with Crippen LogP contribution in [0.15, 0.2) is 30.3 Å². The lowest BCUT2D eigenvalue weighted by molar-refractivity contribution is -0.146. The fraction of sp³-hybridized carbons (Fsp3) is 0.692. The summed E-state index contributed by atoms with van der Waals surface area (Å²) in [5.41, 5.74) is 0.963. The fourth-order valence-corrected chi connectivity index (χ4v) is 3.37. The highest BCUT2D eigenvalue weighted by molar-refractivity contribution is 5.69. The van der Waals surface area contributed by atoms with Crippen LogP contribution in [0.5, 0.6) is 0 Å². The van der Waals surface area contributed by atoms with Gasteiger partial charge in [-0.05, 0) is 25.0 Å². The number of rotatable bonds is 19. The largest absolute Gasteiger partial charge is 0.466 e. The van der Waals surface area contributed by atoms with E-state index < -0.39 is 0 Å². The van der Waals surface area contributed by atoms with Crippen LogP contribution in [0.4, 0.5) is 5.69 Å². The number of ether oxygens (including phenoxy) is 2. The third-order valence-electron chi connectivity index (χ3n) is 5.29. The molecule has 0 aromatic heterocycles. The van der Waals surface area contributed by atoms with E-state index in [2.05, 4.69) is 19.2 Å². The summed E-state index contributed by atoms with van der Waals surface area (Å²) in [5, 5.41) is 3.39. The molecule has 176 valence electrons. The molecule has 0 aliphatic heterocycles. The monoisotopic (exact) mass is 433 g/mol. The van der Waals surface area contributed by atoms with Crippen molar-refractivity contribution in [2.24, 2.45) is 0 Å². The van der Waals surface area contributed by atoms with Crippen LogP contribution < -0.4 is 5.32 Å². The predicted octanol–water partition coefficient (Wildman–Crippen LogP) is 6.66. The summed E-state index contributed by atoms with van der Waals surface area (Å²) < 4.78 is 10.9. The van der Waals surface area contributed by atoms with Gasteiger partial charge in [0, 0.05) is 24.9 Å². The second-order valence-electron chi connectivity index (χ2n) is 8.23. The molecule has 0 radical (unpaired) electrons. The molecule has 0 amide bonds. The zero-order chi connectivity index (χ0) is 22.6. The van der Waals surface area contributed by atoms with Crippen LogP contribution in [0.1, 0.15) is 97.3 Å². The number of anilines is 1. The molecule has 5 heteroatoms. The Morgan fingerprint density at radius 2 is 1.32 bits per heavy atom. The molecule has 1 N–H and O–H groups in total. The Kier molecular flexibility index (Phi) is 16.3. The number of unbranched alkanes of at least 4 members (excludes halogenated alkanes) is 8. The first-order valence-electron chi connectivity index (χ1n) is 12.3. The van der Waals surface area contributed by atoms with Crippen LogP contribution in [-0.4, -0.2) is 31.2 Å². The van der Waals surface area contributed by atoms with Crippen molar-refractivity contribution in [1.29, 1.82) is 0 Å². The van der Waals surface area contributed by atoms with Crippen LogP contribution in [-0.2, 0) is 19.1 Å². The van der Waals surface area contributed by atoms with Crippen molar-refractivity contribution in [2.45, 2.75) is 103 Å². The summed E-state index contributed by atoms with van der Waals surface area (Å²) in [6.07, 6.45) is 12.6. The zero-order valence-electron chi connectivity index (χ0n) is 19.7. The Hall–Kier alpha value is -2.04. The Morgan fingerprint density at radius 3 is 1.90 bits per heavy atom. The number of carbonyl (C=O) groups excluding carboxylic acids is 2. The van der Waals surface area contributed by atoms with E-state index in [1.54, 1.807) is 0 Å². The average Bonchev–Trinajstić information content (AvgIpc) is 2.77. The molecule has 1 aromatic carbocycles. The van der Waals surface area contributed by atoms with Gasteiger partial charge >= 0.3 is 11.9 Å². The molecule has 1 rings (SSSR count). The minimum Gasteiger partial charge on any atom is -0.466 e. The first-order chi connectivity index (χ1) is 15.2. The zero-order valence-corrected chi connectivity index (χ0v) is 19.7. The number of para-hydroxylation sites is 1. The van der Waals surface area contributed by atoms with Crippen LogP contribution in [0.2, 0.25) is 0 Å². The second kappa shape index (κ2) is 18.7. The molecule has 0 aliphatic carbocycles. The average molecular weight is 434 g/mol. The topological polar surface area (TPSA) is 64.6 Å². The first kappa shape index (κ1) is 27.0. The summed E-state index contributed by atoms with van der Waals surface area (Å²) in [6.45, 7) is 4.96. The van der Waals surface area contributed by atoms with E-state index in [-0.39, 0.29) is 24.6 Å². The predicted molar refractivity (Wildman–Crippen MR) is 127 cm³/mol. The van der Waals surface area contributed by atoms with Crippen molar-refractivity contribution in [3.05, 3.63) is 30.3 Å². The number of esters is 2. The molecular weight excluding hydrogens is 390 g/mol. The molecule has 1 atom stereocenters. The van der Waals surface area contributed by atoms with Gasteiger partial charge in [0.1, 0.15) is 6.61 Å². The third-order valence-corrected chi connectivity index (χ3v) is 5.29. The Balaban J connectivity index is 2.33. The summed E-state index contributed by atoms with van der Waals surface area (Å²) in [5.74, 6) is -0.292. The molecule has 5 nitrogen and oxygen atoms in total. The number of hydrogen-bond donors (Lipinski definition) is 1. The molecular formula is C26H43NO4. The van der Waals surface area contributed by atoms with Crippen molar-refractivity contribution in [1.82, 2.24) is 0 Å². The first-order valence-corrected chi connectivity index (χ1v) is 12.3. The minimum absolute atomic E-state index is 0.0937. The maximum atomic E-state index is 12.1. The van der Waals surface area contributed by atoms with Crippen LogP contribution in [0, 0.1) is 0 Å². The maximum absolute atomic E-state index is 12.1. The lowest BCUT2D eigenvalue weighted by Crippen LogP contribution is -2.29. The molecule has 0 spiro atoms. The molecule has 1 aromatic rings. The fourth-order valence-electron chi connectivity index (χ4n) is 3.37. The van der Waals surface area contributed by atoms with E-state index in [1.807, 2.05) is 30.3 Å². The minimum atomic E-state index is -0.152. The van der Waals surface area contributed by atoms with E-state index in [1.165, 1.54) is 38.5 Å². The Morgan fingerprint density at radius 1 is 0.774 bits per heavy atom. The normalized spacial score (nSPS) is 11.7. The van der Waals surface area contributed by atoms with Crippen molar-refractivity contribution in [3.63, 3.8) is 0 Å². The summed E-state index contributed by atoms with van der Waals surface area (Å²) in [4.78, 5) is 24.0. The van der Waals surface area contributed by atoms with Crippen LogP contribution in [0.3, 0.4) is 0 Å². The quantitative estimate of drug-likeness (QED) is 0.195. The van der Waals surface area contributed by atoms with E-state index >= 15 is 0 Å². The van der Waals surface area contributed by atoms with Crippen molar-refractivity contribution in [3.8, 4) is 0 Å². The molecule has 0 bridgehead atoms. The molecule has 31 heavy (non-hydrogen) atoms. The van der Waals surface area contributed by atoms with E-state index in [0.717, 1.165) is 31.4 Å². The van der Waals surface area contributed by atoms with Gasteiger partial charge in [-0.2, -0.15) is 0 Å². The summed E-state index contributed by atoms with van der Waals surface area (Å²) in [7, 11) is 0. The second-order valence-corrected chi connectivity index (χ2v) is 8.23. The van der Waals surface area contributed by atoms with Crippen molar-refractivity contribution < 1.29 is 19.1 Å². The Labute approximate surface area is 189 Å². The van der Waals surface area contributed by atoms with Gasteiger partial charge in [0.25, 0.3) is 0 Å². The highest BCUT2D eigenvalue weighted by atomic mass is 16.5. The van der Waals surface area contributed by atoms with Crippen molar-refractivity contribution >= 4 is 17.6 Å². The van der Waals surface area contributed by atoms with Crippen LogP contribution >= 0.6 is 0 Å². The third kappa shape index (κ3) is 15.4. The van der Waals surface area contributed by atoms with Gasteiger partial charge in [0.05, 0.1) is 12.6 Å². The maximum Gasteiger partial charge on any atom is 0.305 e. The number of nitrogens with one attached hydrogen (secondary N) is 1. The number of carbonyl (C=O) groups is 2. The van der Waals surface area contributed by atoms with Gasteiger partial charge in [-0.25, -0.2) is 0 Å². The highest BCUT2D eigenvalue weighted by Gasteiger charge is 2.14. The SMILES string of the molecule is CCCCCCCC(=O)OCCC(COC(=O)CCCCCCC)Nc1ccccc1. The van der Waals surface area contributed by atoms with Gasteiger partial charge < -0.3 is 14.8 Å².